The molecule has 3 aromatic carbocycles. The zero-order chi connectivity index (χ0) is 102. The number of carbonyl (C=O) groups excluding carboxylic acids is 12. The highest BCUT2D eigenvalue weighted by molar-refractivity contribution is 7.31. The van der Waals surface area contributed by atoms with Crippen LogP contribution < -0.4 is 23.7 Å². The first kappa shape index (κ1) is 119. The quantitative estimate of drug-likeness (QED) is 0.00854. The predicted octanol–water partition coefficient (Wildman–Crippen LogP) is 22.3. The van der Waals surface area contributed by atoms with Gasteiger partial charge in [-0.25, -0.2) is 38.5 Å². The molecule has 5 aliphatic rings. The van der Waals surface area contributed by atoms with Gasteiger partial charge in [-0.3, -0.25) is 24.0 Å². The predicted molar refractivity (Wildman–Crippen MR) is 541 cm³/mol. The van der Waals surface area contributed by atoms with Crippen molar-refractivity contribution in [3.8, 4) is 38.6 Å². The van der Waals surface area contributed by atoms with Crippen LogP contribution in [0.3, 0.4) is 0 Å². The van der Waals surface area contributed by atoms with Gasteiger partial charge in [0.05, 0.1) is 120 Å². The number of carbonyl (C=O) groups is 12. The summed E-state index contributed by atoms with van der Waals surface area (Å²) >= 11 is 4.75. The summed E-state index contributed by atoms with van der Waals surface area (Å²) < 4.78 is 91.2. The van der Waals surface area contributed by atoms with Gasteiger partial charge in [-0.2, -0.15) is 0 Å². The fraction of sp³-hybridized carbons (Fsp3) is 0.565. The Bertz CT molecular complexity index is 4670. The maximum Gasteiger partial charge on any atom is 0.513 e. The van der Waals surface area contributed by atoms with E-state index < -0.39 is 24.1 Å². The number of ketones is 2. The van der Waals surface area contributed by atoms with Crippen molar-refractivity contribution in [2.75, 3.05) is 95.0 Å². The van der Waals surface area contributed by atoms with E-state index in [0.717, 1.165) is 131 Å². The van der Waals surface area contributed by atoms with Crippen molar-refractivity contribution in [3.63, 3.8) is 0 Å². The number of unbranched alkanes of at least 4 members (excludes halogenated alkanes) is 9. The summed E-state index contributed by atoms with van der Waals surface area (Å²) in [6.45, 7) is 23.5. The summed E-state index contributed by atoms with van der Waals surface area (Å²) in [5, 5.41) is 2.84. The first-order valence-electron chi connectivity index (χ1n) is 49.3. The van der Waals surface area contributed by atoms with E-state index in [2.05, 4.69) is 50.4 Å². The number of fused-ring (bicyclic) bond motifs is 2. The first-order valence-corrected chi connectivity index (χ1v) is 51.8. The van der Waals surface area contributed by atoms with Crippen LogP contribution in [0.2, 0.25) is 0 Å². The van der Waals surface area contributed by atoms with Gasteiger partial charge in [0.25, 0.3) is 0 Å². The van der Waals surface area contributed by atoms with Gasteiger partial charge in [0.1, 0.15) is 44.0 Å². The summed E-state index contributed by atoms with van der Waals surface area (Å²) in [6, 6.07) is 20.8. The molecule has 0 radical (unpaired) electrons. The molecule has 0 spiro atoms. The van der Waals surface area contributed by atoms with Gasteiger partial charge in [0, 0.05) is 79.6 Å². The molecule has 0 unspecified atom stereocenters. The third-order valence-electron chi connectivity index (χ3n) is 24.8. The molecule has 5 aliphatic carbocycles. The Balaban J connectivity index is 0.000000268. The molecule has 11 rings (SSSR count). The van der Waals surface area contributed by atoms with E-state index in [1.165, 1.54) is 77.8 Å². The number of Topliss-reactive ketones (excluding diaryl/α,β-unsaturated/α-hetero) is 2. The van der Waals surface area contributed by atoms with E-state index >= 15 is 0 Å². The summed E-state index contributed by atoms with van der Waals surface area (Å²) in [6.07, 6.45) is 39.1. The SMILES string of the molecule is C=CC(=O)OCCCCCCC1CCC(OC)CC1.C=CC(=O)OCCCCCCOC1CCC(OC)CC1.C=CC(=O)OCCCCOC(=O)C1CCC(OC)CC1.C=CC(=O)OCCCCOC(=O)Oc1ccc(OC)cc1.C=CC(=O)OCCCCOC(=O)c1ccc(OC)cc1.CC(=O)C1CCC(C(=O)Oc2ccc(OC(=O)C3CCC(C(C)=O)CC3)c3sc(-c4cc5sccc5s4)nc23)CC1. The summed E-state index contributed by atoms with van der Waals surface area (Å²) in [4.78, 5) is 144. The van der Waals surface area contributed by atoms with Crippen LogP contribution >= 0.6 is 34.0 Å². The average molecular weight is 2020 g/mol. The van der Waals surface area contributed by atoms with Gasteiger partial charge in [-0.05, 0) is 291 Å². The maximum atomic E-state index is 13.2. The molecule has 0 N–H and O–H groups in total. The number of hydrogen-bond donors (Lipinski definition) is 0. The molecule has 30 nitrogen and oxygen atoms in total. The van der Waals surface area contributed by atoms with Crippen LogP contribution in [0.15, 0.2) is 141 Å². The minimum Gasteiger partial charge on any atom is -0.497 e. The standard InChI is InChI=1S/C31H31NO6S3.C16H28O4.C16H28O3.C15H18O6.C15H24O5.C15H18O5/c1-16(33)18-3-7-20(8-4-18)30(35)37-22-11-12-23(38-31(36)21-9-5-19(6-10-21)17(2)34)28-27(22)32-29(41-28)26-15-25-24(40-26)13-14-39-25;1-3-16(17)20-13-7-5-4-6-12-19-15-10-8-14(18-2)9-11-15;1-3-16(17)19-13-7-5-4-6-8-14-9-11-15(18-2)12-10-14;1-3-14(16)19-10-4-5-11-20-15(17)21-13-8-6-12(18-2)7-9-13;2*1-3-14(16)19-10-4-5-11-20-15(17)12-6-8-13(18-2)9-7-12/h11-15,18-21H,3-10H2,1-2H3;3,14-15H,1,4-13H2,2H3;3,14-15H,1,4-13H2,2H3;3,6-9H,1,4-5,10-11H2,2H3;3,12-13H,1,4-11H2,2H3;3,6-9H,1,4-5,10-11H2,2H3. The lowest BCUT2D eigenvalue weighted by Gasteiger charge is -2.27. The molecular formula is C108H147NO29S3. The van der Waals surface area contributed by atoms with E-state index in [-0.39, 0.29) is 96.8 Å². The van der Waals surface area contributed by atoms with Crippen LogP contribution in [0.25, 0.3) is 29.5 Å². The van der Waals surface area contributed by atoms with Gasteiger partial charge in [-0.15, -0.1) is 34.0 Å². The van der Waals surface area contributed by atoms with Gasteiger partial charge >= 0.3 is 59.9 Å². The summed E-state index contributed by atoms with van der Waals surface area (Å²) in [5.74, 6) is 0.245. The van der Waals surface area contributed by atoms with Crippen molar-refractivity contribution >= 4 is 125 Å². The largest absolute Gasteiger partial charge is 0.513 e. The monoisotopic (exact) mass is 2020 g/mol. The van der Waals surface area contributed by atoms with Crippen molar-refractivity contribution in [1.82, 2.24) is 4.98 Å². The van der Waals surface area contributed by atoms with Crippen LogP contribution in [0.4, 0.5) is 4.79 Å². The first-order chi connectivity index (χ1) is 68.3. The second-order valence-electron chi connectivity index (χ2n) is 34.8. The van der Waals surface area contributed by atoms with Gasteiger partial charge in [0.2, 0.25) is 0 Å². The molecular weight excluding hydrogens is 1870 g/mol. The highest BCUT2D eigenvalue weighted by atomic mass is 32.1. The summed E-state index contributed by atoms with van der Waals surface area (Å²) in [5.41, 5.74) is 0.974. The fourth-order valence-electron chi connectivity index (χ4n) is 16.2. The van der Waals surface area contributed by atoms with E-state index in [4.69, 9.17) is 85.5 Å². The number of thiazole rings is 1. The van der Waals surface area contributed by atoms with Crippen LogP contribution in [0.1, 0.15) is 249 Å². The maximum absolute atomic E-state index is 13.2. The van der Waals surface area contributed by atoms with Gasteiger partial charge in [0.15, 0.2) is 11.5 Å². The number of esters is 9. The van der Waals surface area contributed by atoms with Gasteiger partial charge in [-0.1, -0.05) is 65.0 Å². The zero-order valence-electron chi connectivity index (χ0n) is 83.3. The molecule has 776 valence electrons. The number of ether oxygens (including phenoxy) is 17. The van der Waals surface area contributed by atoms with Crippen molar-refractivity contribution in [1.29, 1.82) is 0 Å². The van der Waals surface area contributed by atoms with E-state index in [1.54, 1.807) is 126 Å². The third-order valence-corrected chi connectivity index (χ3v) is 28.1. The Hall–Kier alpha value is -10.8. The molecule has 6 aromatic rings. The second kappa shape index (κ2) is 70.0. The zero-order valence-corrected chi connectivity index (χ0v) is 85.8. The molecule has 0 bridgehead atoms. The number of methoxy groups -OCH3 is 5. The van der Waals surface area contributed by atoms with Crippen LogP contribution in [-0.4, -0.2) is 196 Å². The summed E-state index contributed by atoms with van der Waals surface area (Å²) in [7, 11) is 8.44. The number of benzene rings is 3. The fourth-order valence-corrected chi connectivity index (χ4v) is 19.4. The van der Waals surface area contributed by atoms with E-state index in [0.29, 0.717) is 192 Å². The molecule has 5 fully saturated rings. The highest BCUT2D eigenvalue weighted by Gasteiger charge is 2.34. The number of aromatic nitrogens is 1. The molecule has 3 heterocycles. The molecule has 0 saturated heterocycles. The van der Waals surface area contributed by atoms with Crippen LogP contribution in [0.5, 0.6) is 28.7 Å². The van der Waals surface area contributed by atoms with Crippen molar-refractivity contribution in [3.05, 3.63) is 147 Å². The Labute approximate surface area is 842 Å². The van der Waals surface area contributed by atoms with E-state index in [9.17, 15) is 57.5 Å². The lowest BCUT2D eigenvalue weighted by molar-refractivity contribution is -0.151. The molecule has 33 heteroatoms. The molecule has 0 atom stereocenters. The molecule has 5 saturated carbocycles. The Morgan fingerprint density at radius 2 is 0.709 bits per heavy atom. The Kier molecular flexibility index (Phi) is 59.0. The number of hydrogen-bond acceptors (Lipinski definition) is 33. The minimum absolute atomic E-state index is 0.0139. The number of thiophene rings is 2. The molecule has 141 heavy (non-hydrogen) atoms. The molecule has 0 aliphatic heterocycles. The lowest BCUT2D eigenvalue weighted by atomic mass is 9.80. The van der Waals surface area contributed by atoms with E-state index in [1.807, 2.05) is 7.11 Å². The lowest BCUT2D eigenvalue weighted by Crippen LogP contribution is -2.28. The average Bonchev–Trinajstić information content (AvgIpc) is 1.61. The van der Waals surface area contributed by atoms with Crippen molar-refractivity contribution < 1.29 is 138 Å². The molecule has 0 amide bonds. The third kappa shape index (κ3) is 47.3. The van der Waals surface area contributed by atoms with Crippen molar-refractivity contribution in [2.24, 2.45) is 35.5 Å². The topological polar surface area (TPSA) is 375 Å². The smallest absolute Gasteiger partial charge is 0.497 e. The second-order valence-corrected chi connectivity index (χ2v) is 37.8. The minimum atomic E-state index is -0.775. The highest BCUT2D eigenvalue weighted by Crippen LogP contribution is 2.46. The van der Waals surface area contributed by atoms with Crippen LogP contribution in [0, 0.1) is 35.5 Å². The normalized spacial score (nSPS) is 18.9. The Morgan fingerprint density at radius 3 is 1.15 bits per heavy atom. The van der Waals surface area contributed by atoms with Crippen molar-refractivity contribution in [2.45, 2.75) is 263 Å². The van der Waals surface area contributed by atoms with Gasteiger partial charge < -0.3 is 80.5 Å². The molecule has 3 aromatic heterocycles. The number of nitrogens with zero attached hydrogens (tertiary/aromatic N) is 1. The Morgan fingerprint density at radius 1 is 0.348 bits per heavy atom. The number of rotatable bonds is 50. The van der Waals surface area contributed by atoms with Crippen LogP contribution in [-0.2, 0) is 105 Å².